The van der Waals surface area contributed by atoms with Crippen molar-refractivity contribution in [2.24, 2.45) is 5.92 Å². The molecule has 1 atom stereocenters. The van der Waals surface area contributed by atoms with Gasteiger partial charge in [-0.1, -0.05) is 6.92 Å². The van der Waals surface area contributed by atoms with Gasteiger partial charge in [0.1, 0.15) is 10.7 Å². The lowest BCUT2D eigenvalue weighted by Gasteiger charge is -2.23. The number of aromatic nitrogens is 3. The van der Waals surface area contributed by atoms with Crippen LogP contribution in [-0.2, 0) is 19.4 Å². The summed E-state index contributed by atoms with van der Waals surface area (Å²) in [7, 11) is 0. The van der Waals surface area contributed by atoms with Gasteiger partial charge in [0.2, 0.25) is 0 Å². The number of carbonyl (C=O) groups is 1. The molecule has 20 heavy (non-hydrogen) atoms. The average Bonchev–Trinajstić information content (AvgIpc) is 3.12. The maximum Gasteiger partial charge on any atom is 0.263 e. The minimum Gasteiger partial charge on any atom is -0.351 e. The van der Waals surface area contributed by atoms with Gasteiger partial charge >= 0.3 is 0 Å². The third kappa shape index (κ3) is 2.60. The number of thiazole rings is 1. The van der Waals surface area contributed by atoms with Gasteiger partial charge in [0.15, 0.2) is 0 Å². The van der Waals surface area contributed by atoms with Crippen LogP contribution in [0, 0.1) is 5.92 Å². The SMILES string of the molecule is CCc1ncsc1C(=O)NC[C@H]1CCn2ccnc2C1. The predicted molar refractivity (Wildman–Crippen MR) is 77.9 cm³/mol. The summed E-state index contributed by atoms with van der Waals surface area (Å²) in [6.07, 6.45) is 6.70. The summed E-state index contributed by atoms with van der Waals surface area (Å²) in [6, 6.07) is 0. The number of aryl methyl sites for hydroxylation is 2. The molecule has 3 rings (SSSR count). The highest BCUT2D eigenvalue weighted by atomic mass is 32.1. The standard InChI is InChI=1S/C14H18N4OS/c1-2-11-13(20-9-17-11)14(19)16-8-10-3-5-18-6-4-15-12(18)7-10/h4,6,9-10H,2-3,5,7-8H2,1H3,(H,16,19)/t10-/m0/s1. The molecule has 1 N–H and O–H groups in total. The van der Waals surface area contributed by atoms with Crippen molar-refractivity contribution in [2.75, 3.05) is 6.54 Å². The molecule has 0 saturated carbocycles. The molecule has 106 valence electrons. The van der Waals surface area contributed by atoms with E-state index in [1.165, 1.54) is 11.3 Å². The van der Waals surface area contributed by atoms with Crippen molar-refractivity contribution in [1.29, 1.82) is 0 Å². The van der Waals surface area contributed by atoms with Crippen molar-refractivity contribution in [3.8, 4) is 0 Å². The zero-order valence-electron chi connectivity index (χ0n) is 11.5. The van der Waals surface area contributed by atoms with Gasteiger partial charge < -0.3 is 9.88 Å². The van der Waals surface area contributed by atoms with E-state index in [0.717, 1.165) is 42.2 Å². The normalized spacial score (nSPS) is 17.8. The van der Waals surface area contributed by atoms with Crippen LogP contribution < -0.4 is 5.32 Å². The van der Waals surface area contributed by atoms with Crippen LogP contribution in [0.2, 0.25) is 0 Å². The Hall–Kier alpha value is -1.69. The number of carbonyl (C=O) groups excluding carboxylic acids is 1. The fourth-order valence-electron chi connectivity index (χ4n) is 2.61. The van der Waals surface area contributed by atoms with Crippen molar-refractivity contribution < 1.29 is 4.79 Å². The van der Waals surface area contributed by atoms with Crippen molar-refractivity contribution in [2.45, 2.75) is 32.7 Å². The fraction of sp³-hybridized carbons (Fsp3) is 0.500. The average molecular weight is 290 g/mol. The number of nitrogens with zero attached hydrogens (tertiary/aromatic N) is 3. The second-order valence-corrected chi connectivity index (χ2v) is 5.94. The molecule has 3 heterocycles. The first-order valence-corrected chi connectivity index (χ1v) is 7.86. The van der Waals surface area contributed by atoms with Crippen LogP contribution in [0.3, 0.4) is 0 Å². The molecule has 0 bridgehead atoms. The van der Waals surface area contributed by atoms with E-state index in [2.05, 4.69) is 19.9 Å². The summed E-state index contributed by atoms with van der Waals surface area (Å²) in [6.45, 7) is 3.73. The number of amides is 1. The Morgan fingerprint density at radius 3 is 3.30 bits per heavy atom. The fourth-order valence-corrected chi connectivity index (χ4v) is 3.41. The van der Waals surface area contributed by atoms with Crippen LogP contribution in [0.25, 0.3) is 0 Å². The maximum atomic E-state index is 12.2. The lowest BCUT2D eigenvalue weighted by molar-refractivity contribution is 0.0947. The first-order chi connectivity index (χ1) is 9.78. The summed E-state index contributed by atoms with van der Waals surface area (Å²) in [5, 5.41) is 3.05. The van der Waals surface area contributed by atoms with E-state index in [0.29, 0.717) is 12.5 Å². The summed E-state index contributed by atoms with van der Waals surface area (Å²) in [4.78, 5) is 21.5. The summed E-state index contributed by atoms with van der Waals surface area (Å²) in [5.41, 5.74) is 2.64. The monoisotopic (exact) mass is 290 g/mol. The van der Waals surface area contributed by atoms with Gasteiger partial charge in [0.25, 0.3) is 5.91 Å². The van der Waals surface area contributed by atoms with Crippen LogP contribution in [0.4, 0.5) is 0 Å². The molecule has 2 aromatic rings. The summed E-state index contributed by atoms with van der Waals surface area (Å²) in [5.74, 6) is 1.62. The Balaban J connectivity index is 1.57. The van der Waals surface area contributed by atoms with Gasteiger partial charge in [0.05, 0.1) is 11.2 Å². The molecule has 0 aromatic carbocycles. The zero-order chi connectivity index (χ0) is 13.9. The number of imidazole rings is 1. The Labute approximate surface area is 122 Å². The molecule has 5 nitrogen and oxygen atoms in total. The molecule has 1 aliphatic heterocycles. The van der Waals surface area contributed by atoms with E-state index in [1.807, 2.05) is 19.3 Å². The topological polar surface area (TPSA) is 59.8 Å². The molecule has 0 aliphatic carbocycles. The summed E-state index contributed by atoms with van der Waals surface area (Å²) >= 11 is 1.42. The molecular formula is C14H18N4OS. The molecule has 0 unspecified atom stereocenters. The Bertz CT molecular complexity index is 604. The van der Waals surface area contributed by atoms with Crippen LogP contribution in [0.1, 0.15) is 34.5 Å². The van der Waals surface area contributed by atoms with E-state index < -0.39 is 0 Å². The highest BCUT2D eigenvalue weighted by Crippen LogP contribution is 2.19. The van der Waals surface area contributed by atoms with Gasteiger partial charge in [-0.15, -0.1) is 11.3 Å². The van der Waals surface area contributed by atoms with Crippen LogP contribution in [-0.4, -0.2) is 27.0 Å². The van der Waals surface area contributed by atoms with Crippen molar-refractivity contribution in [3.05, 3.63) is 34.3 Å². The lowest BCUT2D eigenvalue weighted by atomic mass is 9.98. The van der Waals surface area contributed by atoms with Crippen molar-refractivity contribution >= 4 is 17.2 Å². The lowest BCUT2D eigenvalue weighted by Crippen LogP contribution is -2.33. The number of nitrogens with one attached hydrogen (secondary N) is 1. The molecular weight excluding hydrogens is 272 g/mol. The van der Waals surface area contributed by atoms with Crippen molar-refractivity contribution in [1.82, 2.24) is 19.9 Å². The van der Waals surface area contributed by atoms with Crippen molar-refractivity contribution in [3.63, 3.8) is 0 Å². The maximum absolute atomic E-state index is 12.2. The zero-order valence-corrected chi connectivity index (χ0v) is 12.3. The van der Waals surface area contributed by atoms with Crippen LogP contribution in [0.15, 0.2) is 17.9 Å². The van der Waals surface area contributed by atoms with Crippen LogP contribution in [0.5, 0.6) is 0 Å². The smallest absolute Gasteiger partial charge is 0.263 e. The second kappa shape index (κ2) is 5.75. The molecule has 1 amide bonds. The first-order valence-electron chi connectivity index (χ1n) is 6.98. The van der Waals surface area contributed by atoms with E-state index in [4.69, 9.17) is 0 Å². The Morgan fingerprint density at radius 1 is 1.55 bits per heavy atom. The third-order valence-electron chi connectivity index (χ3n) is 3.78. The summed E-state index contributed by atoms with van der Waals surface area (Å²) < 4.78 is 2.19. The molecule has 0 spiro atoms. The van der Waals surface area contributed by atoms with Gasteiger partial charge in [-0.2, -0.15) is 0 Å². The van der Waals surface area contributed by atoms with E-state index in [-0.39, 0.29) is 5.91 Å². The highest BCUT2D eigenvalue weighted by Gasteiger charge is 2.20. The van der Waals surface area contributed by atoms with Gasteiger partial charge in [-0.3, -0.25) is 4.79 Å². The van der Waals surface area contributed by atoms with Gasteiger partial charge in [-0.25, -0.2) is 9.97 Å². The number of hydrogen-bond acceptors (Lipinski definition) is 4. The Kier molecular flexibility index (Phi) is 3.82. The first kappa shape index (κ1) is 13.3. The Morgan fingerprint density at radius 2 is 2.45 bits per heavy atom. The highest BCUT2D eigenvalue weighted by molar-refractivity contribution is 7.11. The van der Waals surface area contributed by atoms with Gasteiger partial charge in [-0.05, 0) is 18.8 Å². The number of hydrogen-bond donors (Lipinski definition) is 1. The van der Waals surface area contributed by atoms with E-state index in [1.54, 1.807) is 5.51 Å². The molecule has 0 saturated heterocycles. The molecule has 6 heteroatoms. The van der Waals surface area contributed by atoms with E-state index in [9.17, 15) is 4.79 Å². The van der Waals surface area contributed by atoms with Gasteiger partial charge in [0, 0.05) is 31.9 Å². The second-order valence-electron chi connectivity index (χ2n) is 5.09. The molecule has 1 aliphatic rings. The largest absolute Gasteiger partial charge is 0.351 e. The molecule has 0 radical (unpaired) electrons. The number of rotatable bonds is 4. The minimum absolute atomic E-state index is 0.0123. The van der Waals surface area contributed by atoms with Crippen LogP contribution >= 0.6 is 11.3 Å². The number of fused-ring (bicyclic) bond motifs is 1. The quantitative estimate of drug-likeness (QED) is 0.935. The predicted octanol–water partition coefficient (Wildman–Crippen LogP) is 1.89. The third-order valence-corrected chi connectivity index (χ3v) is 4.65. The molecule has 2 aromatic heterocycles. The van der Waals surface area contributed by atoms with E-state index >= 15 is 0 Å². The minimum atomic E-state index is 0.0123. The molecule has 0 fully saturated rings.